The molecular weight excluding hydrogens is 394 g/mol. The lowest BCUT2D eigenvalue weighted by Crippen LogP contribution is -2.56. The number of hydrogen-bond acceptors (Lipinski definition) is 6. The molecule has 1 N–H and O–H groups in total. The number of nitrogens with zero attached hydrogens (tertiary/aromatic N) is 2. The van der Waals surface area contributed by atoms with E-state index in [9.17, 15) is 14.4 Å². The standard InChI is InChI=1S/C20H23N3O5S/c1-4-5-9-22-19(25)18-15(8-10-29-18)23(20(22)26)12-17(24)21-14-11-13(27-2)6-7-16(14)28-3/h6-8,10-11,18H,4-5,9,12H2,1-3H3/p+1. The second-order valence-electron chi connectivity index (χ2n) is 6.57. The zero-order valence-electron chi connectivity index (χ0n) is 16.6. The number of imide groups is 1. The molecule has 9 heteroatoms. The minimum Gasteiger partial charge on any atom is -0.497 e. The molecule has 0 aliphatic carbocycles. The molecule has 2 heterocycles. The lowest BCUT2D eigenvalue weighted by molar-refractivity contribution is -0.425. The monoisotopic (exact) mass is 418 g/mol. The molecule has 2 aliphatic rings. The second-order valence-corrected chi connectivity index (χ2v) is 7.59. The number of thioether (sulfide) groups is 1. The summed E-state index contributed by atoms with van der Waals surface area (Å²) >= 11 is 1.35. The van der Waals surface area contributed by atoms with Crippen LogP contribution < -0.4 is 14.8 Å². The van der Waals surface area contributed by atoms with E-state index < -0.39 is 17.2 Å². The maximum Gasteiger partial charge on any atom is 0.501 e. The number of unbranched alkanes of at least 4 members (excludes halogenated alkanes) is 1. The van der Waals surface area contributed by atoms with E-state index in [1.54, 1.807) is 29.7 Å². The molecule has 1 unspecified atom stereocenters. The van der Waals surface area contributed by atoms with Gasteiger partial charge in [-0.25, -0.2) is 4.79 Å². The van der Waals surface area contributed by atoms with Gasteiger partial charge in [-0.15, -0.1) is 11.8 Å². The summed E-state index contributed by atoms with van der Waals surface area (Å²) < 4.78 is 11.8. The van der Waals surface area contributed by atoms with Crippen molar-refractivity contribution >= 4 is 41.0 Å². The number of carbonyl (C=O) groups is 3. The summed E-state index contributed by atoms with van der Waals surface area (Å²) in [6.07, 6.45) is 3.31. The van der Waals surface area contributed by atoms with Crippen LogP contribution in [0.2, 0.25) is 0 Å². The van der Waals surface area contributed by atoms with E-state index in [2.05, 4.69) is 5.32 Å². The van der Waals surface area contributed by atoms with Gasteiger partial charge in [0.1, 0.15) is 17.2 Å². The average Bonchev–Trinajstić information content (AvgIpc) is 3.21. The first-order valence-electron chi connectivity index (χ1n) is 9.33. The molecule has 0 fully saturated rings. The Morgan fingerprint density at radius 2 is 2.07 bits per heavy atom. The lowest BCUT2D eigenvalue weighted by atomic mass is 10.1. The van der Waals surface area contributed by atoms with Gasteiger partial charge in [0, 0.05) is 6.07 Å². The number of rotatable bonds is 8. The normalized spacial score (nSPS) is 18.2. The van der Waals surface area contributed by atoms with Gasteiger partial charge in [-0.05, 0) is 30.0 Å². The van der Waals surface area contributed by atoms with Gasteiger partial charge in [-0.1, -0.05) is 13.3 Å². The zero-order valence-corrected chi connectivity index (χ0v) is 17.5. The number of fused-ring (bicyclic) bond motifs is 1. The Labute approximate surface area is 173 Å². The van der Waals surface area contributed by atoms with E-state index >= 15 is 0 Å². The predicted molar refractivity (Wildman–Crippen MR) is 111 cm³/mol. The Morgan fingerprint density at radius 1 is 1.28 bits per heavy atom. The first kappa shape index (κ1) is 20.9. The zero-order chi connectivity index (χ0) is 21.0. The van der Waals surface area contributed by atoms with E-state index in [-0.39, 0.29) is 12.5 Å². The highest BCUT2D eigenvalue weighted by atomic mass is 32.2. The summed E-state index contributed by atoms with van der Waals surface area (Å²) in [5.41, 5.74) is 0.989. The Morgan fingerprint density at radius 3 is 2.76 bits per heavy atom. The van der Waals surface area contributed by atoms with Crippen LogP contribution in [0.3, 0.4) is 0 Å². The number of amides is 4. The van der Waals surface area contributed by atoms with Crippen LogP contribution in [-0.4, -0.2) is 65.6 Å². The fourth-order valence-corrected chi connectivity index (χ4v) is 4.14. The van der Waals surface area contributed by atoms with Gasteiger partial charge in [0.2, 0.25) is 0 Å². The maximum atomic E-state index is 12.9. The molecule has 0 saturated heterocycles. The minimum atomic E-state index is -0.483. The highest BCUT2D eigenvalue weighted by Gasteiger charge is 2.49. The predicted octanol–water partition coefficient (Wildman–Crippen LogP) is 2.49. The molecule has 3 rings (SSSR count). The molecule has 154 valence electrons. The molecule has 0 spiro atoms. The number of ether oxygens (including phenoxy) is 2. The molecule has 8 nitrogen and oxygen atoms in total. The molecule has 0 radical (unpaired) electrons. The third-order valence-corrected chi connectivity index (χ3v) is 5.71. The van der Waals surface area contributed by atoms with Crippen LogP contribution in [0.4, 0.5) is 10.5 Å². The van der Waals surface area contributed by atoms with Crippen molar-refractivity contribution in [3.8, 4) is 11.5 Å². The third-order valence-electron chi connectivity index (χ3n) is 4.70. The molecule has 1 aromatic carbocycles. The van der Waals surface area contributed by atoms with Gasteiger partial charge in [0.15, 0.2) is 11.8 Å². The molecule has 0 aromatic heterocycles. The van der Waals surface area contributed by atoms with E-state index in [0.29, 0.717) is 29.4 Å². The van der Waals surface area contributed by atoms with Crippen LogP contribution in [0.15, 0.2) is 29.7 Å². The van der Waals surface area contributed by atoms with Crippen molar-refractivity contribution in [3.63, 3.8) is 0 Å². The number of benzene rings is 1. The van der Waals surface area contributed by atoms with E-state index in [0.717, 1.165) is 12.8 Å². The van der Waals surface area contributed by atoms with Crippen molar-refractivity contribution in [1.82, 2.24) is 4.90 Å². The quantitative estimate of drug-likeness (QED) is 0.653. The Bertz CT molecular complexity index is 896. The number of urea groups is 1. The van der Waals surface area contributed by atoms with Crippen LogP contribution >= 0.6 is 11.8 Å². The molecular formula is C20H24N3O5S+. The number of allylic oxidation sites excluding steroid dienone is 1. The van der Waals surface area contributed by atoms with Crippen molar-refractivity contribution in [1.29, 1.82) is 0 Å². The number of hydrogen-bond donors (Lipinski definition) is 1. The Kier molecular flexibility index (Phi) is 6.58. The van der Waals surface area contributed by atoms with Crippen LogP contribution in [-0.2, 0) is 9.59 Å². The molecule has 29 heavy (non-hydrogen) atoms. The van der Waals surface area contributed by atoms with Crippen molar-refractivity contribution in [2.24, 2.45) is 0 Å². The minimum absolute atomic E-state index is 0.203. The summed E-state index contributed by atoms with van der Waals surface area (Å²) in [6, 6.07) is 4.59. The topological polar surface area (TPSA) is 88.0 Å². The van der Waals surface area contributed by atoms with Crippen molar-refractivity contribution in [2.75, 3.05) is 32.6 Å². The van der Waals surface area contributed by atoms with E-state index in [4.69, 9.17) is 9.47 Å². The molecule has 1 atom stereocenters. The Balaban J connectivity index is 1.83. The summed E-state index contributed by atoms with van der Waals surface area (Å²) in [7, 11) is 3.03. The summed E-state index contributed by atoms with van der Waals surface area (Å²) in [5, 5.41) is 4.07. The lowest BCUT2D eigenvalue weighted by Gasteiger charge is -2.24. The first-order chi connectivity index (χ1) is 14.0. The fraction of sp³-hybridized carbons (Fsp3) is 0.400. The highest BCUT2D eigenvalue weighted by Crippen LogP contribution is 2.30. The summed E-state index contributed by atoms with van der Waals surface area (Å²) in [6.45, 7) is 2.14. The van der Waals surface area contributed by atoms with Crippen LogP contribution in [0, 0.1) is 0 Å². The van der Waals surface area contributed by atoms with Crippen LogP contribution in [0.1, 0.15) is 19.8 Å². The number of methoxy groups -OCH3 is 2. The average molecular weight is 418 g/mol. The largest absolute Gasteiger partial charge is 0.501 e. The third kappa shape index (κ3) is 4.29. The SMILES string of the molecule is CCCCN1C(=O)C2SC=CC2=[N+](CC(=O)Nc2cc(OC)ccc2OC)C1=O. The van der Waals surface area contributed by atoms with Gasteiger partial charge >= 0.3 is 11.9 Å². The Hall–Kier alpha value is -2.81. The van der Waals surface area contributed by atoms with Crippen molar-refractivity contribution in [3.05, 3.63) is 29.7 Å². The number of anilines is 1. The molecule has 2 aliphatic heterocycles. The van der Waals surface area contributed by atoms with Crippen molar-refractivity contribution < 1.29 is 28.4 Å². The number of carbonyl (C=O) groups excluding carboxylic acids is 3. The van der Waals surface area contributed by atoms with Crippen LogP contribution in [0.25, 0.3) is 0 Å². The molecule has 0 bridgehead atoms. The maximum absolute atomic E-state index is 12.9. The van der Waals surface area contributed by atoms with Gasteiger partial charge in [-0.3, -0.25) is 4.79 Å². The van der Waals surface area contributed by atoms with E-state index in [1.165, 1.54) is 35.5 Å². The van der Waals surface area contributed by atoms with Gasteiger partial charge in [0.25, 0.3) is 5.91 Å². The van der Waals surface area contributed by atoms with Crippen molar-refractivity contribution in [2.45, 2.75) is 25.0 Å². The molecule has 1 aromatic rings. The smallest absolute Gasteiger partial charge is 0.497 e. The van der Waals surface area contributed by atoms with Gasteiger partial charge in [0.05, 0.1) is 26.5 Å². The highest BCUT2D eigenvalue weighted by molar-refractivity contribution is 8.04. The second kappa shape index (κ2) is 9.13. The molecule has 4 amide bonds. The van der Waals surface area contributed by atoms with Gasteiger partial charge < -0.3 is 14.8 Å². The summed E-state index contributed by atoms with van der Waals surface area (Å²) in [5.74, 6) is 0.424. The van der Waals surface area contributed by atoms with Crippen LogP contribution in [0.5, 0.6) is 11.5 Å². The molecule has 0 saturated carbocycles. The first-order valence-corrected chi connectivity index (χ1v) is 10.3. The number of nitrogens with one attached hydrogen (secondary N) is 1. The van der Waals surface area contributed by atoms with E-state index in [1.807, 2.05) is 6.92 Å². The van der Waals surface area contributed by atoms with Gasteiger partial charge in [-0.2, -0.15) is 14.3 Å². The fourth-order valence-electron chi connectivity index (χ4n) is 3.18. The summed E-state index contributed by atoms with van der Waals surface area (Å²) in [4.78, 5) is 39.6.